The largest absolute Gasteiger partial charge is 0.573 e. The van der Waals surface area contributed by atoms with E-state index in [1.165, 1.54) is 39.5 Å². The van der Waals surface area contributed by atoms with Crippen molar-refractivity contribution in [2.24, 2.45) is 5.16 Å². The van der Waals surface area contributed by atoms with Gasteiger partial charge in [-0.2, -0.15) is 0 Å². The number of carbonyl (C=O) groups is 1. The number of carbonyl (C=O) groups excluding carboxylic acids is 1. The molecule has 0 saturated heterocycles. The maximum absolute atomic E-state index is 12.7. The molecule has 2 aromatic carbocycles. The Morgan fingerprint density at radius 3 is 2.47 bits per heavy atom. The fourth-order valence-electron chi connectivity index (χ4n) is 2.90. The molecular formula is C22H21ClF3NO5. The summed E-state index contributed by atoms with van der Waals surface area (Å²) in [5, 5.41) is 3.93. The first kappa shape index (κ1) is 25.1. The van der Waals surface area contributed by atoms with Gasteiger partial charge in [0.15, 0.2) is 0 Å². The molecule has 0 fully saturated rings. The van der Waals surface area contributed by atoms with Crippen molar-refractivity contribution in [1.29, 1.82) is 0 Å². The number of esters is 1. The van der Waals surface area contributed by atoms with Crippen molar-refractivity contribution < 1.29 is 37.0 Å². The zero-order valence-electron chi connectivity index (χ0n) is 17.7. The van der Waals surface area contributed by atoms with E-state index in [1.807, 2.05) is 13.0 Å². The molecule has 0 unspecified atom stereocenters. The first-order valence-electron chi connectivity index (χ1n) is 9.20. The van der Waals surface area contributed by atoms with E-state index in [1.54, 1.807) is 12.1 Å². The number of nitrogens with zero attached hydrogens (tertiary/aromatic N) is 1. The Kier molecular flexibility index (Phi) is 8.54. The molecule has 0 heterocycles. The predicted molar refractivity (Wildman–Crippen MR) is 113 cm³/mol. The Balaban J connectivity index is 2.35. The second-order valence-electron chi connectivity index (χ2n) is 6.47. The number of hydrogen-bond acceptors (Lipinski definition) is 6. The Labute approximate surface area is 188 Å². The molecule has 0 spiro atoms. The second kappa shape index (κ2) is 10.9. The third kappa shape index (κ3) is 6.40. The van der Waals surface area contributed by atoms with Crippen LogP contribution in [0.5, 0.6) is 5.75 Å². The van der Waals surface area contributed by atoms with Crippen LogP contribution in [0.15, 0.2) is 47.8 Å². The molecular weight excluding hydrogens is 451 g/mol. The van der Waals surface area contributed by atoms with Crippen molar-refractivity contribution in [1.82, 2.24) is 0 Å². The van der Waals surface area contributed by atoms with E-state index in [0.717, 1.165) is 11.6 Å². The fraction of sp³-hybridized carbons (Fsp3) is 0.273. The highest BCUT2D eigenvalue weighted by molar-refractivity contribution is 6.34. The van der Waals surface area contributed by atoms with Crippen LogP contribution in [0.2, 0.25) is 5.02 Å². The molecule has 0 atom stereocenters. The maximum Gasteiger partial charge on any atom is 0.573 e. The minimum absolute atomic E-state index is 0.0178. The van der Waals surface area contributed by atoms with Crippen LogP contribution < -0.4 is 4.74 Å². The molecule has 0 amide bonds. The molecule has 0 aromatic heterocycles. The summed E-state index contributed by atoms with van der Waals surface area (Å²) in [5.74, 6) is -1.11. The lowest BCUT2D eigenvalue weighted by atomic mass is 9.97. The van der Waals surface area contributed by atoms with E-state index in [9.17, 15) is 18.0 Å². The van der Waals surface area contributed by atoms with Gasteiger partial charge in [-0.3, -0.25) is 0 Å². The number of oxime groups is 1. The summed E-state index contributed by atoms with van der Waals surface area (Å²) >= 11 is 6.07. The highest BCUT2D eigenvalue weighted by Crippen LogP contribution is 2.32. The van der Waals surface area contributed by atoms with Crippen molar-refractivity contribution in [2.45, 2.75) is 26.8 Å². The summed E-state index contributed by atoms with van der Waals surface area (Å²) < 4.78 is 52.0. The maximum atomic E-state index is 12.7. The SMILES string of the molecule is CO/C=C(/C(=O)OC)c1cccc(C)c1CO/N=C(\C)c1c(Cl)cccc1OC(F)(F)F. The number of hydrogen-bond donors (Lipinski definition) is 0. The summed E-state index contributed by atoms with van der Waals surface area (Å²) in [6.45, 7) is 3.16. The van der Waals surface area contributed by atoms with Crippen molar-refractivity contribution in [3.8, 4) is 5.75 Å². The van der Waals surface area contributed by atoms with Crippen LogP contribution in [0.3, 0.4) is 0 Å². The topological polar surface area (TPSA) is 66.4 Å². The van der Waals surface area contributed by atoms with Gasteiger partial charge in [0.25, 0.3) is 0 Å². The van der Waals surface area contributed by atoms with Gasteiger partial charge in [-0.05, 0) is 37.1 Å². The third-order valence-corrected chi connectivity index (χ3v) is 4.63. The molecule has 0 aliphatic carbocycles. The summed E-state index contributed by atoms with van der Waals surface area (Å²) in [6.07, 6.45) is -3.64. The van der Waals surface area contributed by atoms with E-state index >= 15 is 0 Å². The summed E-state index contributed by atoms with van der Waals surface area (Å²) in [5.41, 5.74) is 2.11. The highest BCUT2D eigenvalue weighted by Gasteiger charge is 2.33. The van der Waals surface area contributed by atoms with Gasteiger partial charge < -0.3 is 19.0 Å². The van der Waals surface area contributed by atoms with Crippen LogP contribution in [0.1, 0.15) is 29.2 Å². The van der Waals surface area contributed by atoms with Gasteiger partial charge in [-0.15, -0.1) is 13.2 Å². The van der Waals surface area contributed by atoms with Crippen LogP contribution in [0.4, 0.5) is 13.2 Å². The Hall–Kier alpha value is -3.20. The summed E-state index contributed by atoms with van der Waals surface area (Å²) in [4.78, 5) is 17.6. The minimum Gasteiger partial charge on any atom is -0.503 e. The van der Waals surface area contributed by atoms with E-state index < -0.39 is 18.1 Å². The monoisotopic (exact) mass is 471 g/mol. The quantitative estimate of drug-likeness (QED) is 0.164. The summed E-state index contributed by atoms with van der Waals surface area (Å²) in [7, 11) is 2.64. The zero-order valence-corrected chi connectivity index (χ0v) is 18.5. The molecule has 0 aliphatic heterocycles. The lowest BCUT2D eigenvalue weighted by Gasteiger charge is -2.15. The van der Waals surface area contributed by atoms with E-state index in [0.29, 0.717) is 11.1 Å². The van der Waals surface area contributed by atoms with Gasteiger partial charge in [0.2, 0.25) is 0 Å². The van der Waals surface area contributed by atoms with Gasteiger partial charge in [0.05, 0.1) is 36.8 Å². The number of alkyl halides is 3. The molecule has 0 saturated carbocycles. The van der Waals surface area contributed by atoms with Crippen molar-refractivity contribution in [2.75, 3.05) is 14.2 Å². The number of halogens is 4. The number of benzene rings is 2. The Morgan fingerprint density at radius 2 is 1.84 bits per heavy atom. The Morgan fingerprint density at radius 1 is 1.16 bits per heavy atom. The predicted octanol–water partition coefficient (Wildman–Crippen LogP) is 5.65. The lowest BCUT2D eigenvalue weighted by Crippen LogP contribution is -2.19. The lowest BCUT2D eigenvalue weighted by molar-refractivity contribution is -0.274. The molecule has 0 N–H and O–H groups in total. The van der Waals surface area contributed by atoms with E-state index in [2.05, 4.69) is 9.89 Å². The molecule has 2 rings (SSSR count). The first-order valence-corrected chi connectivity index (χ1v) is 9.58. The molecule has 0 bridgehead atoms. The fourth-order valence-corrected chi connectivity index (χ4v) is 3.20. The zero-order chi connectivity index (χ0) is 23.9. The average molecular weight is 472 g/mol. The third-order valence-electron chi connectivity index (χ3n) is 4.31. The van der Waals surface area contributed by atoms with Crippen molar-refractivity contribution in [3.05, 3.63) is 69.9 Å². The smallest absolute Gasteiger partial charge is 0.503 e. The van der Waals surface area contributed by atoms with Crippen LogP contribution >= 0.6 is 11.6 Å². The molecule has 10 heteroatoms. The standard InChI is InChI=1S/C22H21ClF3NO5/c1-13-7-5-8-15(17(11-29-3)21(28)30-4)16(13)12-31-27-14(2)20-18(23)9-6-10-19(20)32-22(24,25)26/h5-11H,12H2,1-4H3/b17-11+,27-14+. The summed E-state index contributed by atoms with van der Waals surface area (Å²) in [6, 6.07) is 9.12. The van der Waals surface area contributed by atoms with Gasteiger partial charge in [0, 0.05) is 5.56 Å². The van der Waals surface area contributed by atoms with E-state index in [4.69, 9.17) is 25.9 Å². The van der Waals surface area contributed by atoms with Gasteiger partial charge in [0.1, 0.15) is 17.9 Å². The first-order chi connectivity index (χ1) is 15.1. The normalized spacial score (nSPS) is 12.4. The number of rotatable bonds is 8. The number of ether oxygens (including phenoxy) is 3. The van der Waals surface area contributed by atoms with Gasteiger partial charge in [-0.25, -0.2) is 4.79 Å². The minimum atomic E-state index is -4.89. The van der Waals surface area contributed by atoms with Gasteiger partial charge in [-0.1, -0.05) is 41.0 Å². The molecule has 172 valence electrons. The van der Waals surface area contributed by atoms with Crippen LogP contribution in [-0.4, -0.2) is 32.3 Å². The second-order valence-corrected chi connectivity index (χ2v) is 6.88. The molecule has 0 aliphatic rings. The van der Waals surface area contributed by atoms with Gasteiger partial charge >= 0.3 is 12.3 Å². The molecule has 0 radical (unpaired) electrons. The van der Waals surface area contributed by atoms with Crippen molar-refractivity contribution >= 4 is 28.9 Å². The van der Waals surface area contributed by atoms with Crippen molar-refractivity contribution in [3.63, 3.8) is 0 Å². The van der Waals surface area contributed by atoms with Crippen LogP contribution in [-0.2, 0) is 25.7 Å². The Bertz CT molecular complexity index is 1030. The average Bonchev–Trinajstić information content (AvgIpc) is 2.71. The molecule has 6 nitrogen and oxygen atoms in total. The highest BCUT2D eigenvalue weighted by atomic mass is 35.5. The number of aryl methyl sites for hydroxylation is 1. The molecule has 2 aromatic rings. The van der Waals surface area contributed by atoms with E-state index in [-0.39, 0.29) is 28.5 Å². The molecule has 32 heavy (non-hydrogen) atoms. The van der Waals surface area contributed by atoms with Crippen LogP contribution in [0, 0.1) is 6.92 Å². The number of methoxy groups -OCH3 is 2. The van der Waals surface area contributed by atoms with Crippen LogP contribution in [0.25, 0.3) is 5.57 Å².